The lowest BCUT2D eigenvalue weighted by molar-refractivity contribution is 0.102. The number of methoxy groups -OCH3 is 1. The van der Waals surface area contributed by atoms with Crippen LogP contribution in [-0.4, -0.2) is 19.6 Å². The summed E-state index contributed by atoms with van der Waals surface area (Å²) in [7, 11) is 1.55. The van der Waals surface area contributed by atoms with E-state index in [0.717, 1.165) is 11.3 Å². The van der Waals surface area contributed by atoms with Crippen LogP contribution in [0.3, 0.4) is 0 Å². The van der Waals surface area contributed by atoms with Gasteiger partial charge in [0.05, 0.1) is 19.3 Å². The zero-order chi connectivity index (χ0) is 15.2. The Morgan fingerprint density at radius 3 is 2.48 bits per heavy atom. The molecular formula is C17H19NO3. The molecule has 0 heterocycles. The fourth-order valence-electron chi connectivity index (χ4n) is 2.00. The number of amides is 1. The van der Waals surface area contributed by atoms with E-state index in [1.54, 1.807) is 13.2 Å². The van der Waals surface area contributed by atoms with Gasteiger partial charge in [0.2, 0.25) is 0 Å². The Labute approximate surface area is 124 Å². The third-order valence-corrected chi connectivity index (χ3v) is 3.02. The molecule has 0 aliphatic rings. The lowest BCUT2D eigenvalue weighted by Crippen LogP contribution is -2.13. The van der Waals surface area contributed by atoms with Gasteiger partial charge >= 0.3 is 0 Å². The van der Waals surface area contributed by atoms with E-state index in [9.17, 15) is 4.79 Å². The summed E-state index contributed by atoms with van der Waals surface area (Å²) >= 11 is 0. The summed E-state index contributed by atoms with van der Waals surface area (Å²) in [5.41, 5.74) is 2.24. The van der Waals surface area contributed by atoms with Crippen molar-refractivity contribution >= 4 is 11.6 Å². The smallest absolute Gasteiger partial charge is 0.259 e. The number of carbonyl (C=O) groups excluding carboxylic acids is 1. The standard InChI is InChI=1S/C17H19NO3/c1-4-21-14-8-6-13(7-9-14)18-17(19)15-11-12(2)5-10-16(15)20-3/h5-11H,4H2,1-3H3,(H,18,19). The van der Waals surface area contributed by atoms with Crippen molar-refractivity contribution in [2.75, 3.05) is 19.0 Å². The number of nitrogens with one attached hydrogen (secondary N) is 1. The van der Waals surface area contributed by atoms with Crippen molar-refractivity contribution in [1.29, 1.82) is 0 Å². The van der Waals surface area contributed by atoms with Gasteiger partial charge in [0, 0.05) is 5.69 Å². The molecule has 2 rings (SSSR count). The Morgan fingerprint density at radius 2 is 1.86 bits per heavy atom. The van der Waals surface area contributed by atoms with Crippen molar-refractivity contribution in [3.8, 4) is 11.5 Å². The van der Waals surface area contributed by atoms with Crippen LogP contribution in [0.1, 0.15) is 22.8 Å². The zero-order valence-electron chi connectivity index (χ0n) is 12.5. The van der Waals surface area contributed by atoms with Gasteiger partial charge in [0.1, 0.15) is 11.5 Å². The van der Waals surface area contributed by atoms with Gasteiger partial charge in [-0.25, -0.2) is 0 Å². The molecule has 110 valence electrons. The maximum atomic E-state index is 12.3. The number of ether oxygens (including phenoxy) is 2. The van der Waals surface area contributed by atoms with E-state index in [2.05, 4.69) is 5.32 Å². The summed E-state index contributed by atoms with van der Waals surface area (Å²) in [6.07, 6.45) is 0. The molecule has 1 N–H and O–H groups in total. The van der Waals surface area contributed by atoms with Crippen molar-refractivity contribution < 1.29 is 14.3 Å². The SMILES string of the molecule is CCOc1ccc(NC(=O)c2cc(C)ccc2OC)cc1. The number of aryl methyl sites for hydroxylation is 1. The number of anilines is 1. The Hall–Kier alpha value is -2.49. The Kier molecular flexibility index (Phi) is 4.82. The monoisotopic (exact) mass is 285 g/mol. The molecule has 4 nitrogen and oxygen atoms in total. The van der Waals surface area contributed by atoms with Crippen molar-refractivity contribution in [2.24, 2.45) is 0 Å². The minimum atomic E-state index is -0.195. The molecule has 0 aliphatic heterocycles. The van der Waals surface area contributed by atoms with E-state index in [-0.39, 0.29) is 5.91 Å². The molecule has 2 aromatic rings. The highest BCUT2D eigenvalue weighted by atomic mass is 16.5. The summed E-state index contributed by atoms with van der Waals surface area (Å²) in [6.45, 7) is 4.49. The van der Waals surface area contributed by atoms with Crippen LogP contribution in [-0.2, 0) is 0 Å². The maximum Gasteiger partial charge on any atom is 0.259 e. The quantitative estimate of drug-likeness (QED) is 0.912. The molecule has 0 atom stereocenters. The molecule has 1 amide bonds. The van der Waals surface area contributed by atoms with Crippen LogP contribution in [0, 0.1) is 6.92 Å². The molecule has 21 heavy (non-hydrogen) atoms. The lowest BCUT2D eigenvalue weighted by atomic mass is 10.1. The van der Waals surface area contributed by atoms with Gasteiger partial charge in [-0.3, -0.25) is 4.79 Å². The van der Waals surface area contributed by atoms with Gasteiger partial charge in [-0.05, 0) is 50.2 Å². The van der Waals surface area contributed by atoms with Crippen LogP contribution >= 0.6 is 0 Å². The fourth-order valence-corrected chi connectivity index (χ4v) is 2.00. The van der Waals surface area contributed by atoms with Crippen LogP contribution in [0.5, 0.6) is 11.5 Å². The average Bonchev–Trinajstić information content (AvgIpc) is 2.49. The molecule has 2 aromatic carbocycles. The highest BCUT2D eigenvalue weighted by Gasteiger charge is 2.12. The van der Waals surface area contributed by atoms with Gasteiger partial charge < -0.3 is 14.8 Å². The molecule has 0 fully saturated rings. The van der Waals surface area contributed by atoms with Gasteiger partial charge in [0.25, 0.3) is 5.91 Å². The molecule has 0 saturated heterocycles. The molecule has 0 saturated carbocycles. The van der Waals surface area contributed by atoms with Gasteiger partial charge in [0.15, 0.2) is 0 Å². The molecular weight excluding hydrogens is 266 g/mol. The summed E-state index contributed by atoms with van der Waals surface area (Å²) in [6, 6.07) is 12.8. The first-order valence-corrected chi connectivity index (χ1v) is 6.83. The van der Waals surface area contributed by atoms with Crippen molar-refractivity contribution in [1.82, 2.24) is 0 Å². The predicted octanol–water partition coefficient (Wildman–Crippen LogP) is 3.65. The minimum absolute atomic E-state index is 0.195. The van der Waals surface area contributed by atoms with Crippen LogP contribution in [0.4, 0.5) is 5.69 Å². The van der Waals surface area contributed by atoms with Crippen LogP contribution in [0.25, 0.3) is 0 Å². The molecule has 0 unspecified atom stereocenters. The predicted molar refractivity (Wildman–Crippen MR) is 83.3 cm³/mol. The summed E-state index contributed by atoms with van der Waals surface area (Å²) in [5, 5.41) is 2.85. The third-order valence-electron chi connectivity index (χ3n) is 3.02. The average molecular weight is 285 g/mol. The van der Waals surface area contributed by atoms with E-state index in [1.807, 2.05) is 50.2 Å². The minimum Gasteiger partial charge on any atom is -0.496 e. The summed E-state index contributed by atoms with van der Waals surface area (Å²) in [5.74, 6) is 1.15. The first-order valence-electron chi connectivity index (χ1n) is 6.83. The van der Waals surface area contributed by atoms with E-state index >= 15 is 0 Å². The Balaban J connectivity index is 2.15. The van der Waals surface area contributed by atoms with Crippen molar-refractivity contribution in [3.63, 3.8) is 0 Å². The number of hydrogen-bond donors (Lipinski definition) is 1. The van der Waals surface area contributed by atoms with E-state index < -0.39 is 0 Å². The third kappa shape index (κ3) is 3.75. The van der Waals surface area contributed by atoms with Crippen LogP contribution < -0.4 is 14.8 Å². The fraction of sp³-hybridized carbons (Fsp3) is 0.235. The molecule has 0 aliphatic carbocycles. The zero-order valence-corrected chi connectivity index (χ0v) is 12.5. The highest BCUT2D eigenvalue weighted by molar-refractivity contribution is 6.06. The molecule has 0 bridgehead atoms. The van der Waals surface area contributed by atoms with E-state index in [1.165, 1.54) is 0 Å². The van der Waals surface area contributed by atoms with Crippen molar-refractivity contribution in [3.05, 3.63) is 53.6 Å². The van der Waals surface area contributed by atoms with Crippen molar-refractivity contribution in [2.45, 2.75) is 13.8 Å². The molecule has 4 heteroatoms. The highest BCUT2D eigenvalue weighted by Crippen LogP contribution is 2.22. The second kappa shape index (κ2) is 6.79. The number of carbonyl (C=O) groups is 1. The molecule has 0 spiro atoms. The topological polar surface area (TPSA) is 47.6 Å². The second-order valence-electron chi connectivity index (χ2n) is 4.62. The first kappa shape index (κ1) is 14.9. The van der Waals surface area contributed by atoms with Crippen LogP contribution in [0.2, 0.25) is 0 Å². The van der Waals surface area contributed by atoms with Gasteiger partial charge in [-0.1, -0.05) is 11.6 Å². The second-order valence-corrected chi connectivity index (χ2v) is 4.62. The Morgan fingerprint density at radius 1 is 1.14 bits per heavy atom. The van der Waals surface area contributed by atoms with Crippen LogP contribution in [0.15, 0.2) is 42.5 Å². The largest absolute Gasteiger partial charge is 0.496 e. The van der Waals surface area contributed by atoms with Gasteiger partial charge in [-0.15, -0.1) is 0 Å². The summed E-state index contributed by atoms with van der Waals surface area (Å²) < 4.78 is 10.6. The van der Waals surface area contributed by atoms with Gasteiger partial charge in [-0.2, -0.15) is 0 Å². The Bertz CT molecular complexity index is 620. The van der Waals surface area contributed by atoms with E-state index in [4.69, 9.17) is 9.47 Å². The number of hydrogen-bond acceptors (Lipinski definition) is 3. The molecule has 0 radical (unpaired) electrons. The van der Waals surface area contributed by atoms with E-state index in [0.29, 0.717) is 23.6 Å². The number of benzene rings is 2. The first-order chi connectivity index (χ1) is 10.1. The molecule has 0 aromatic heterocycles. The maximum absolute atomic E-state index is 12.3. The number of rotatable bonds is 5. The summed E-state index contributed by atoms with van der Waals surface area (Å²) in [4.78, 5) is 12.3. The lowest BCUT2D eigenvalue weighted by Gasteiger charge is -2.10. The normalized spacial score (nSPS) is 10.0.